The quantitative estimate of drug-likeness (QED) is 0.642. The number of aliphatic hydroxyl groups is 2. The number of aromatic amines is 1. The maximum absolute atomic E-state index is 12.4. The van der Waals surface area contributed by atoms with E-state index in [1.807, 2.05) is 11.5 Å². The molecule has 0 saturated carbocycles. The second kappa shape index (κ2) is 7.24. The number of imidazole rings is 1. The van der Waals surface area contributed by atoms with Crippen LogP contribution in [0.5, 0.6) is 0 Å². The van der Waals surface area contributed by atoms with Crippen molar-refractivity contribution in [1.29, 1.82) is 0 Å². The monoisotopic (exact) mass is 377 g/mol. The highest BCUT2D eigenvalue weighted by atomic mass is 16.3. The number of nitrogens with one attached hydrogen (secondary N) is 1. The van der Waals surface area contributed by atoms with Gasteiger partial charge in [0.2, 0.25) is 5.95 Å². The minimum Gasteiger partial charge on any atom is -0.390 e. The van der Waals surface area contributed by atoms with Gasteiger partial charge in [0.1, 0.15) is 5.82 Å². The zero-order valence-electron chi connectivity index (χ0n) is 16.6. The Labute approximate surface area is 158 Å². The van der Waals surface area contributed by atoms with E-state index in [1.54, 1.807) is 0 Å². The zero-order valence-corrected chi connectivity index (χ0v) is 16.6. The molecule has 2 aromatic rings. The van der Waals surface area contributed by atoms with Crippen LogP contribution in [0.2, 0.25) is 0 Å². The van der Waals surface area contributed by atoms with Crippen LogP contribution in [0.3, 0.4) is 0 Å². The molecule has 0 aliphatic carbocycles. The SMILES string of the molecule is CCCC(C)C1(C)C[C@@H](O)C(O)C[C@@H](C)Cn2c1nc1c(=O)[nH]c(N)nc12. The molecule has 0 amide bonds. The molecule has 0 saturated heterocycles. The lowest BCUT2D eigenvalue weighted by Crippen LogP contribution is -2.40. The Balaban J connectivity index is 2.29. The van der Waals surface area contributed by atoms with Crippen molar-refractivity contribution in [3.8, 4) is 0 Å². The lowest BCUT2D eigenvalue weighted by atomic mass is 9.70. The Bertz CT molecular complexity index is 876. The molecular formula is C19H31N5O3. The van der Waals surface area contributed by atoms with E-state index in [1.165, 1.54) is 0 Å². The molecule has 8 heteroatoms. The maximum atomic E-state index is 12.4. The molecule has 0 bridgehead atoms. The zero-order chi connectivity index (χ0) is 19.9. The number of hydrogen-bond acceptors (Lipinski definition) is 6. The molecule has 1 aliphatic rings. The van der Waals surface area contributed by atoms with E-state index < -0.39 is 17.6 Å². The number of nitrogen functional groups attached to an aromatic ring is 1. The number of nitrogens with zero attached hydrogens (tertiary/aromatic N) is 3. The smallest absolute Gasteiger partial charge is 0.280 e. The number of H-pyrrole nitrogens is 1. The van der Waals surface area contributed by atoms with Crippen LogP contribution in [0.25, 0.3) is 11.2 Å². The number of nitrogens with two attached hydrogens (primary N) is 1. The third-order valence-electron chi connectivity index (χ3n) is 6.16. The van der Waals surface area contributed by atoms with Gasteiger partial charge < -0.3 is 20.5 Å². The molecule has 5 N–H and O–H groups in total. The van der Waals surface area contributed by atoms with Crippen LogP contribution in [-0.2, 0) is 12.0 Å². The van der Waals surface area contributed by atoms with Crippen LogP contribution in [0.15, 0.2) is 4.79 Å². The molecular weight excluding hydrogens is 346 g/mol. The predicted octanol–water partition coefficient (Wildman–Crippen LogP) is 1.55. The summed E-state index contributed by atoms with van der Waals surface area (Å²) < 4.78 is 1.97. The molecule has 0 radical (unpaired) electrons. The molecule has 2 aromatic heterocycles. The molecule has 3 heterocycles. The molecule has 0 fully saturated rings. The van der Waals surface area contributed by atoms with Crippen molar-refractivity contribution < 1.29 is 10.2 Å². The van der Waals surface area contributed by atoms with Gasteiger partial charge in [-0.25, -0.2) is 4.98 Å². The van der Waals surface area contributed by atoms with Crippen molar-refractivity contribution in [2.45, 2.75) is 77.5 Å². The molecule has 1 aliphatic heterocycles. The third kappa shape index (κ3) is 3.48. The first kappa shape index (κ1) is 19.8. The highest BCUT2D eigenvalue weighted by Gasteiger charge is 2.42. The van der Waals surface area contributed by atoms with Crippen molar-refractivity contribution in [1.82, 2.24) is 19.5 Å². The lowest BCUT2D eigenvalue weighted by molar-refractivity contribution is -0.0142. The Morgan fingerprint density at radius 3 is 2.74 bits per heavy atom. The van der Waals surface area contributed by atoms with Crippen molar-refractivity contribution in [2.24, 2.45) is 11.8 Å². The number of hydrogen-bond donors (Lipinski definition) is 4. The van der Waals surface area contributed by atoms with Crippen LogP contribution in [0.1, 0.15) is 59.2 Å². The van der Waals surface area contributed by atoms with Gasteiger partial charge in [0.05, 0.1) is 12.2 Å². The van der Waals surface area contributed by atoms with Gasteiger partial charge in [-0.3, -0.25) is 9.78 Å². The Kier molecular flexibility index (Phi) is 5.31. The lowest BCUT2D eigenvalue weighted by Gasteiger charge is -2.37. The summed E-state index contributed by atoms with van der Waals surface area (Å²) in [5.74, 6) is 1.08. The maximum Gasteiger partial charge on any atom is 0.280 e. The molecule has 27 heavy (non-hydrogen) atoms. The predicted molar refractivity (Wildman–Crippen MR) is 104 cm³/mol. The third-order valence-corrected chi connectivity index (χ3v) is 6.16. The minimum atomic E-state index is -0.848. The number of anilines is 1. The normalized spacial score (nSPS) is 30.4. The average molecular weight is 377 g/mol. The van der Waals surface area contributed by atoms with Gasteiger partial charge in [0.25, 0.3) is 5.56 Å². The standard InChI is InChI=1S/C19H31N5O3/c1-5-6-11(3)19(4)8-13(26)12(25)7-10(2)9-24-15-14(21-17(19)24)16(27)23-18(20)22-15/h10-13,25-26H,5-9H2,1-4H3,(H3,20,22,23,27)/t10-,11?,12?,13-,19?/m1/s1. The van der Waals surface area contributed by atoms with Crippen LogP contribution < -0.4 is 11.3 Å². The van der Waals surface area contributed by atoms with E-state index in [9.17, 15) is 15.0 Å². The van der Waals surface area contributed by atoms with Crippen molar-refractivity contribution in [3.05, 3.63) is 16.2 Å². The number of aromatic nitrogens is 4. The van der Waals surface area contributed by atoms with Gasteiger partial charge in [-0.05, 0) is 24.7 Å². The van der Waals surface area contributed by atoms with Gasteiger partial charge in [-0.15, -0.1) is 0 Å². The van der Waals surface area contributed by atoms with Crippen LogP contribution in [0.4, 0.5) is 5.95 Å². The van der Waals surface area contributed by atoms with E-state index in [0.29, 0.717) is 25.0 Å². The van der Waals surface area contributed by atoms with Crippen molar-refractivity contribution >= 4 is 17.1 Å². The largest absolute Gasteiger partial charge is 0.390 e. The summed E-state index contributed by atoms with van der Waals surface area (Å²) in [6.45, 7) is 8.90. The molecule has 0 aromatic carbocycles. The summed E-state index contributed by atoms with van der Waals surface area (Å²) in [6.07, 6.45) is 1.16. The van der Waals surface area contributed by atoms with E-state index >= 15 is 0 Å². The molecule has 5 atom stereocenters. The highest BCUT2D eigenvalue weighted by Crippen LogP contribution is 2.41. The first-order chi connectivity index (χ1) is 12.7. The fraction of sp³-hybridized carbons (Fsp3) is 0.737. The molecule has 8 nitrogen and oxygen atoms in total. The van der Waals surface area contributed by atoms with E-state index in [-0.39, 0.29) is 28.9 Å². The number of aliphatic hydroxyl groups excluding tert-OH is 2. The molecule has 3 rings (SSSR count). The van der Waals surface area contributed by atoms with Crippen molar-refractivity contribution in [2.75, 3.05) is 5.73 Å². The van der Waals surface area contributed by atoms with Gasteiger partial charge in [-0.1, -0.05) is 40.5 Å². The highest BCUT2D eigenvalue weighted by molar-refractivity contribution is 5.72. The average Bonchev–Trinajstić information content (AvgIpc) is 2.94. The fourth-order valence-electron chi connectivity index (χ4n) is 4.43. The van der Waals surface area contributed by atoms with Gasteiger partial charge in [0, 0.05) is 12.0 Å². The molecule has 0 spiro atoms. The van der Waals surface area contributed by atoms with E-state index in [0.717, 1.165) is 18.7 Å². The molecule has 150 valence electrons. The van der Waals surface area contributed by atoms with E-state index in [4.69, 9.17) is 10.7 Å². The summed E-state index contributed by atoms with van der Waals surface area (Å²) in [5, 5.41) is 21.2. The van der Waals surface area contributed by atoms with Gasteiger partial charge in [-0.2, -0.15) is 4.98 Å². The van der Waals surface area contributed by atoms with Crippen LogP contribution >= 0.6 is 0 Å². The summed E-state index contributed by atoms with van der Waals surface area (Å²) in [7, 11) is 0. The summed E-state index contributed by atoms with van der Waals surface area (Å²) in [5.41, 5.74) is 5.67. The Morgan fingerprint density at radius 2 is 2.07 bits per heavy atom. The second-order valence-corrected chi connectivity index (χ2v) is 8.46. The Morgan fingerprint density at radius 1 is 1.37 bits per heavy atom. The first-order valence-corrected chi connectivity index (χ1v) is 9.80. The second-order valence-electron chi connectivity index (χ2n) is 8.46. The topological polar surface area (TPSA) is 130 Å². The first-order valence-electron chi connectivity index (χ1n) is 9.80. The summed E-state index contributed by atoms with van der Waals surface area (Å²) >= 11 is 0. The van der Waals surface area contributed by atoms with Gasteiger partial charge >= 0.3 is 0 Å². The summed E-state index contributed by atoms with van der Waals surface area (Å²) in [6, 6.07) is 0. The number of fused-ring (bicyclic) bond motifs is 3. The fourth-order valence-corrected chi connectivity index (χ4v) is 4.43. The minimum absolute atomic E-state index is 0.0612. The van der Waals surface area contributed by atoms with Crippen LogP contribution in [-0.4, -0.2) is 41.9 Å². The Hall–Kier alpha value is -1.93. The van der Waals surface area contributed by atoms with Crippen molar-refractivity contribution in [3.63, 3.8) is 0 Å². The number of rotatable bonds is 3. The summed E-state index contributed by atoms with van der Waals surface area (Å²) in [4.78, 5) is 24.0. The van der Waals surface area contributed by atoms with E-state index in [2.05, 4.69) is 30.7 Å². The molecule has 3 unspecified atom stereocenters. The van der Waals surface area contributed by atoms with Crippen LogP contribution in [0, 0.1) is 11.8 Å². The van der Waals surface area contributed by atoms with Gasteiger partial charge in [0.15, 0.2) is 11.2 Å².